The third kappa shape index (κ3) is 1.82. The molecule has 2 aliphatic heterocycles. The van der Waals surface area contributed by atoms with Crippen LogP contribution in [0.4, 0.5) is 5.82 Å². The molecule has 2 saturated heterocycles. The summed E-state index contributed by atoms with van der Waals surface area (Å²) in [7, 11) is 1.99. The number of nitrogens with zero attached hydrogens (tertiary/aromatic N) is 4. The van der Waals surface area contributed by atoms with Gasteiger partial charge in [0.15, 0.2) is 5.82 Å². The van der Waals surface area contributed by atoms with Gasteiger partial charge in [-0.15, -0.1) is 0 Å². The fourth-order valence-corrected chi connectivity index (χ4v) is 2.94. The predicted octanol–water partition coefficient (Wildman–Crippen LogP) is 1.09. The summed E-state index contributed by atoms with van der Waals surface area (Å²) in [6.07, 6.45) is 6.18. The highest BCUT2D eigenvalue weighted by Crippen LogP contribution is 2.23. The highest BCUT2D eigenvalue weighted by molar-refractivity contribution is 5.38. The molecule has 4 heteroatoms. The van der Waals surface area contributed by atoms with Crippen molar-refractivity contribution in [3.8, 4) is 0 Å². The van der Waals surface area contributed by atoms with Crippen LogP contribution in [0.1, 0.15) is 19.3 Å². The number of piperazine rings is 1. The summed E-state index contributed by atoms with van der Waals surface area (Å²) < 4.78 is 1.89. The average Bonchev–Trinajstić information content (AvgIpc) is 2.75. The van der Waals surface area contributed by atoms with Crippen molar-refractivity contribution in [1.29, 1.82) is 0 Å². The van der Waals surface area contributed by atoms with E-state index in [0.29, 0.717) is 0 Å². The zero-order valence-corrected chi connectivity index (χ0v) is 9.97. The van der Waals surface area contributed by atoms with Gasteiger partial charge in [-0.2, -0.15) is 5.10 Å². The Morgan fingerprint density at radius 3 is 3.00 bits per heavy atom. The second-order valence-electron chi connectivity index (χ2n) is 4.98. The Kier molecular flexibility index (Phi) is 2.59. The van der Waals surface area contributed by atoms with Crippen LogP contribution < -0.4 is 4.90 Å². The summed E-state index contributed by atoms with van der Waals surface area (Å²) >= 11 is 0. The van der Waals surface area contributed by atoms with E-state index in [1.165, 1.54) is 32.4 Å². The van der Waals surface area contributed by atoms with Crippen LogP contribution in [0, 0.1) is 0 Å². The van der Waals surface area contributed by atoms with Crippen molar-refractivity contribution in [2.75, 3.05) is 31.1 Å². The zero-order valence-electron chi connectivity index (χ0n) is 9.97. The Balaban J connectivity index is 1.70. The molecule has 0 bridgehead atoms. The predicted molar refractivity (Wildman–Crippen MR) is 64.6 cm³/mol. The topological polar surface area (TPSA) is 24.3 Å². The normalized spacial score (nSPS) is 26.8. The molecule has 0 N–H and O–H groups in total. The molecule has 0 saturated carbocycles. The Labute approximate surface area is 96.8 Å². The first-order chi connectivity index (χ1) is 7.83. The Bertz CT molecular complexity index is 360. The van der Waals surface area contributed by atoms with Gasteiger partial charge in [-0.3, -0.25) is 9.58 Å². The van der Waals surface area contributed by atoms with E-state index in [4.69, 9.17) is 0 Å². The number of fused-ring (bicyclic) bond motifs is 1. The minimum absolute atomic E-state index is 0.768. The van der Waals surface area contributed by atoms with Crippen molar-refractivity contribution < 1.29 is 0 Å². The third-order valence-corrected chi connectivity index (χ3v) is 3.86. The second-order valence-corrected chi connectivity index (χ2v) is 4.98. The van der Waals surface area contributed by atoms with Crippen LogP contribution in [0.15, 0.2) is 12.3 Å². The molecule has 0 aromatic carbocycles. The zero-order chi connectivity index (χ0) is 11.0. The van der Waals surface area contributed by atoms with E-state index in [0.717, 1.165) is 24.9 Å². The van der Waals surface area contributed by atoms with Crippen LogP contribution in [0.5, 0.6) is 0 Å². The van der Waals surface area contributed by atoms with Gasteiger partial charge in [-0.05, 0) is 19.4 Å². The quantitative estimate of drug-likeness (QED) is 0.708. The van der Waals surface area contributed by atoms with Crippen molar-refractivity contribution in [3.63, 3.8) is 0 Å². The second kappa shape index (κ2) is 4.09. The first-order valence-electron chi connectivity index (χ1n) is 6.31. The fraction of sp³-hybridized carbons (Fsp3) is 0.750. The smallest absolute Gasteiger partial charge is 0.150 e. The molecule has 3 rings (SSSR count). The Morgan fingerprint density at radius 1 is 1.25 bits per heavy atom. The summed E-state index contributed by atoms with van der Waals surface area (Å²) in [5.41, 5.74) is 0. The number of aryl methyl sites for hydroxylation is 1. The molecule has 0 aliphatic carbocycles. The molecule has 4 nitrogen and oxygen atoms in total. The van der Waals surface area contributed by atoms with E-state index in [2.05, 4.69) is 21.0 Å². The van der Waals surface area contributed by atoms with Crippen LogP contribution in [-0.4, -0.2) is 46.9 Å². The van der Waals surface area contributed by atoms with Crippen molar-refractivity contribution in [2.24, 2.45) is 7.05 Å². The van der Waals surface area contributed by atoms with Crippen molar-refractivity contribution >= 4 is 5.82 Å². The lowest BCUT2D eigenvalue weighted by molar-refractivity contribution is 0.133. The summed E-state index contributed by atoms with van der Waals surface area (Å²) in [4.78, 5) is 5.09. The van der Waals surface area contributed by atoms with Gasteiger partial charge in [0.05, 0.1) is 0 Å². The first-order valence-corrected chi connectivity index (χ1v) is 6.31. The molecule has 0 spiro atoms. The molecule has 0 radical (unpaired) electrons. The monoisotopic (exact) mass is 220 g/mol. The molecule has 1 atom stereocenters. The maximum atomic E-state index is 4.50. The van der Waals surface area contributed by atoms with Crippen LogP contribution >= 0.6 is 0 Å². The van der Waals surface area contributed by atoms with Gasteiger partial charge in [-0.1, -0.05) is 6.42 Å². The van der Waals surface area contributed by atoms with Gasteiger partial charge in [0.25, 0.3) is 0 Å². The highest BCUT2D eigenvalue weighted by Gasteiger charge is 2.29. The molecule has 1 aromatic rings. The molecular weight excluding hydrogens is 200 g/mol. The lowest BCUT2D eigenvalue weighted by atomic mass is 9.99. The van der Waals surface area contributed by atoms with Crippen molar-refractivity contribution in [3.05, 3.63) is 12.3 Å². The molecule has 16 heavy (non-hydrogen) atoms. The fourth-order valence-electron chi connectivity index (χ4n) is 2.94. The minimum Gasteiger partial charge on any atom is -0.352 e. The molecule has 2 fully saturated rings. The van der Waals surface area contributed by atoms with E-state index in [-0.39, 0.29) is 0 Å². The average molecular weight is 220 g/mol. The largest absolute Gasteiger partial charge is 0.352 e. The van der Waals surface area contributed by atoms with Crippen LogP contribution in [-0.2, 0) is 7.05 Å². The summed E-state index contributed by atoms with van der Waals surface area (Å²) in [6, 6.07) is 2.89. The summed E-state index contributed by atoms with van der Waals surface area (Å²) in [5.74, 6) is 1.15. The van der Waals surface area contributed by atoms with Gasteiger partial charge >= 0.3 is 0 Å². The molecule has 88 valence electrons. The Hall–Kier alpha value is -1.03. The van der Waals surface area contributed by atoms with Gasteiger partial charge < -0.3 is 4.90 Å². The maximum Gasteiger partial charge on any atom is 0.150 e. The summed E-state index contributed by atoms with van der Waals surface area (Å²) in [6.45, 7) is 4.81. The standard InChI is InChI=1S/C12H20N4/c1-14-7-5-12(13-14)16-9-8-15-6-3-2-4-11(15)10-16/h5,7,11H,2-4,6,8-10H2,1H3. The number of aromatic nitrogens is 2. The number of rotatable bonds is 1. The molecule has 3 heterocycles. The number of hydrogen-bond donors (Lipinski definition) is 0. The van der Waals surface area contributed by atoms with E-state index >= 15 is 0 Å². The van der Waals surface area contributed by atoms with E-state index in [9.17, 15) is 0 Å². The van der Waals surface area contributed by atoms with Gasteiger partial charge in [-0.25, -0.2) is 0 Å². The van der Waals surface area contributed by atoms with E-state index < -0.39 is 0 Å². The third-order valence-electron chi connectivity index (χ3n) is 3.86. The van der Waals surface area contributed by atoms with Crippen LogP contribution in [0.3, 0.4) is 0 Å². The van der Waals surface area contributed by atoms with Crippen molar-refractivity contribution in [1.82, 2.24) is 14.7 Å². The minimum atomic E-state index is 0.768. The Morgan fingerprint density at radius 2 is 2.19 bits per heavy atom. The lowest BCUT2D eigenvalue weighted by Gasteiger charge is -2.44. The highest BCUT2D eigenvalue weighted by atomic mass is 15.4. The van der Waals surface area contributed by atoms with Gasteiger partial charge in [0.2, 0.25) is 0 Å². The van der Waals surface area contributed by atoms with Crippen molar-refractivity contribution in [2.45, 2.75) is 25.3 Å². The van der Waals surface area contributed by atoms with Crippen LogP contribution in [0.2, 0.25) is 0 Å². The lowest BCUT2D eigenvalue weighted by Crippen LogP contribution is -2.55. The molecule has 2 aliphatic rings. The molecule has 1 unspecified atom stereocenters. The molecule has 0 amide bonds. The molecular formula is C12H20N4. The van der Waals surface area contributed by atoms with E-state index in [1.54, 1.807) is 0 Å². The van der Waals surface area contributed by atoms with E-state index in [1.807, 2.05) is 17.9 Å². The van der Waals surface area contributed by atoms with Gasteiger partial charge in [0.1, 0.15) is 0 Å². The van der Waals surface area contributed by atoms with Gasteiger partial charge in [0, 0.05) is 45.0 Å². The maximum absolute atomic E-state index is 4.50. The number of anilines is 1. The summed E-state index contributed by atoms with van der Waals surface area (Å²) in [5, 5.41) is 4.50. The first kappa shape index (κ1) is 10.1. The van der Waals surface area contributed by atoms with Crippen LogP contribution in [0.25, 0.3) is 0 Å². The number of hydrogen-bond acceptors (Lipinski definition) is 3. The number of piperidine rings is 1. The molecule has 1 aromatic heterocycles. The SMILES string of the molecule is Cn1ccc(N2CCN3CCCCC3C2)n1.